The maximum absolute atomic E-state index is 6.07. The number of hydrogen-bond acceptors (Lipinski definition) is 6. The zero-order valence-electron chi connectivity index (χ0n) is 17.9. The molecule has 0 bridgehead atoms. The van der Waals surface area contributed by atoms with Crippen LogP contribution in [0.5, 0.6) is 17.6 Å². The van der Waals surface area contributed by atoms with Crippen LogP contribution in [0.4, 0.5) is 0 Å². The van der Waals surface area contributed by atoms with Crippen molar-refractivity contribution in [3.63, 3.8) is 0 Å². The molecule has 2 aromatic carbocycles. The highest BCUT2D eigenvalue weighted by molar-refractivity contribution is 5.78. The number of benzene rings is 2. The molecule has 0 saturated carbocycles. The van der Waals surface area contributed by atoms with Gasteiger partial charge in [-0.15, -0.1) is 0 Å². The van der Waals surface area contributed by atoms with Gasteiger partial charge in [-0.05, 0) is 57.4 Å². The minimum atomic E-state index is 0.176. The minimum Gasteiger partial charge on any atom is -0.476 e. The number of ether oxygens (including phenoxy) is 2. The summed E-state index contributed by atoms with van der Waals surface area (Å²) in [5.74, 6) is 1.57. The molecule has 2 aromatic heterocycles. The molecule has 0 atom stereocenters. The van der Waals surface area contributed by atoms with Crippen molar-refractivity contribution in [1.82, 2.24) is 15.0 Å². The third-order valence-electron chi connectivity index (χ3n) is 4.71. The molecule has 0 N–H and O–H groups in total. The van der Waals surface area contributed by atoms with Gasteiger partial charge in [-0.25, -0.2) is 4.98 Å². The maximum atomic E-state index is 6.07. The maximum Gasteiger partial charge on any atom is 0.328 e. The van der Waals surface area contributed by atoms with Crippen LogP contribution in [0, 0.1) is 27.7 Å². The fourth-order valence-corrected chi connectivity index (χ4v) is 3.44. The first-order chi connectivity index (χ1) is 14.4. The highest BCUT2D eigenvalue weighted by Gasteiger charge is 2.19. The van der Waals surface area contributed by atoms with Crippen molar-refractivity contribution < 1.29 is 13.9 Å². The number of oxazole rings is 1. The van der Waals surface area contributed by atoms with Gasteiger partial charge in [0.25, 0.3) is 11.6 Å². The summed E-state index contributed by atoms with van der Waals surface area (Å²) in [6.07, 6.45) is 0.848. The summed E-state index contributed by atoms with van der Waals surface area (Å²) in [6, 6.07) is 12.3. The van der Waals surface area contributed by atoms with Crippen molar-refractivity contribution in [2.24, 2.45) is 0 Å². The van der Waals surface area contributed by atoms with Crippen LogP contribution in [0.1, 0.15) is 35.6 Å². The van der Waals surface area contributed by atoms with E-state index in [1.807, 2.05) is 52.0 Å². The van der Waals surface area contributed by atoms with E-state index in [4.69, 9.17) is 13.9 Å². The Bertz CT molecular complexity index is 1190. The topological polar surface area (TPSA) is 70.3 Å². The molecule has 6 nitrogen and oxygen atoms in total. The number of fused-ring (bicyclic) bond motifs is 1. The van der Waals surface area contributed by atoms with Crippen LogP contribution in [0.25, 0.3) is 22.7 Å². The first-order valence-electron chi connectivity index (χ1n) is 10.1. The van der Waals surface area contributed by atoms with Crippen LogP contribution < -0.4 is 9.47 Å². The molecule has 154 valence electrons. The van der Waals surface area contributed by atoms with Crippen molar-refractivity contribution in [2.75, 3.05) is 6.61 Å². The number of hydrogen-bond donors (Lipinski definition) is 0. The van der Waals surface area contributed by atoms with E-state index in [2.05, 4.69) is 34.0 Å². The van der Waals surface area contributed by atoms with E-state index in [0.29, 0.717) is 29.6 Å². The Kier molecular flexibility index (Phi) is 5.40. The predicted molar refractivity (Wildman–Crippen MR) is 116 cm³/mol. The molecule has 4 aromatic rings. The molecular weight excluding hydrogens is 378 g/mol. The third kappa shape index (κ3) is 3.99. The second-order valence-corrected chi connectivity index (χ2v) is 7.53. The van der Waals surface area contributed by atoms with Gasteiger partial charge in [-0.3, -0.25) is 0 Å². The van der Waals surface area contributed by atoms with Crippen molar-refractivity contribution in [2.45, 2.75) is 41.0 Å². The average molecular weight is 403 g/mol. The van der Waals surface area contributed by atoms with Gasteiger partial charge in [0.1, 0.15) is 5.75 Å². The molecule has 0 aliphatic carbocycles. The second-order valence-electron chi connectivity index (χ2n) is 7.53. The Morgan fingerprint density at radius 3 is 2.37 bits per heavy atom. The summed E-state index contributed by atoms with van der Waals surface area (Å²) in [5, 5.41) is 0. The molecule has 0 spiro atoms. The first-order valence-corrected chi connectivity index (χ1v) is 10.1. The molecule has 0 aliphatic rings. The average Bonchev–Trinajstić information content (AvgIpc) is 3.13. The Hall–Kier alpha value is -3.41. The summed E-state index contributed by atoms with van der Waals surface area (Å²) in [4.78, 5) is 13.6. The molecule has 4 rings (SSSR count). The van der Waals surface area contributed by atoms with Crippen molar-refractivity contribution in [3.05, 3.63) is 58.7 Å². The zero-order valence-corrected chi connectivity index (χ0v) is 17.9. The van der Waals surface area contributed by atoms with Crippen LogP contribution in [-0.4, -0.2) is 21.6 Å². The van der Waals surface area contributed by atoms with E-state index >= 15 is 0 Å². The van der Waals surface area contributed by atoms with Crippen molar-refractivity contribution in [1.29, 1.82) is 0 Å². The highest BCUT2D eigenvalue weighted by Crippen LogP contribution is 2.33. The number of aromatic nitrogens is 3. The lowest BCUT2D eigenvalue weighted by Crippen LogP contribution is -2.02. The summed E-state index contributed by atoms with van der Waals surface area (Å²) in [7, 11) is 0. The summed E-state index contributed by atoms with van der Waals surface area (Å²) < 4.78 is 17.9. The molecule has 0 radical (unpaired) electrons. The monoisotopic (exact) mass is 403 g/mol. The molecule has 0 fully saturated rings. The lowest BCUT2D eigenvalue weighted by atomic mass is 10.1. The van der Waals surface area contributed by atoms with Crippen LogP contribution in [-0.2, 0) is 0 Å². The highest BCUT2D eigenvalue weighted by atomic mass is 16.5. The molecule has 6 heteroatoms. The first kappa shape index (κ1) is 19.9. The molecular formula is C24H25N3O3. The Labute approximate surface area is 175 Å². The van der Waals surface area contributed by atoms with E-state index in [1.165, 1.54) is 5.56 Å². The van der Waals surface area contributed by atoms with Crippen molar-refractivity contribution in [3.8, 4) is 29.1 Å². The van der Waals surface area contributed by atoms with Gasteiger partial charge < -0.3 is 13.9 Å². The van der Waals surface area contributed by atoms with Crippen LogP contribution in [0.2, 0.25) is 0 Å². The Morgan fingerprint density at radius 2 is 1.67 bits per heavy atom. The van der Waals surface area contributed by atoms with Gasteiger partial charge in [0.15, 0.2) is 5.52 Å². The van der Waals surface area contributed by atoms with Crippen LogP contribution >= 0.6 is 0 Å². The van der Waals surface area contributed by atoms with Gasteiger partial charge >= 0.3 is 6.01 Å². The zero-order chi connectivity index (χ0) is 21.3. The van der Waals surface area contributed by atoms with Gasteiger partial charge in [-0.2, -0.15) is 9.97 Å². The molecule has 0 aliphatic heterocycles. The largest absolute Gasteiger partial charge is 0.476 e. The van der Waals surface area contributed by atoms with E-state index in [9.17, 15) is 0 Å². The smallest absolute Gasteiger partial charge is 0.328 e. The van der Waals surface area contributed by atoms with Gasteiger partial charge in [0.2, 0.25) is 5.89 Å². The fraction of sp³-hybridized carbons (Fsp3) is 0.292. The molecule has 2 heterocycles. The third-order valence-corrected chi connectivity index (χ3v) is 4.71. The van der Waals surface area contributed by atoms with E-state index in [1.54, 1.807) is 0 Å². The summed E-state index contributed by atoms with van der Waals surface area (Å²) in [6.45, 7) is 10.7. The molecule has 0 unspecified atom stereocenters. The van der Waals surface area contributed by atoms with Gasteiger partial charge in [0.05, 0.1) is 6.61 Å². The lowest BCUT2D eigenvalue weighted by Gasteiger charge is -2.12. The number of aryl methyl sites for hydroxylation is 4. The molecule has 30 heavy (non-hydrogen) atoms. The van der Waals surface area contributed by atoms with Crippen LogP contribution in [0.15, 0.2) is 40.8 Å². The Balaban J connectivity index is 1.79. The van der Waals surface area contributed by atoms with Gasteiger partial charge in [-0.1, -0.05) is 42.3 Å². The fourth-order valence-electron chi connectivity index (χ4n) is 3.44. The van der Waals surface area contributed by atoms with E-state index < -0.39 is 0 Å². The standard InChI is InChI=1S/C24H25N3O3/c1-6-10-28-22-19-23(30-21(25-19)18-9-7-8-14(2)13-18)27-24(26-22)29-20-16(4)11-15(3)12-17(20)5/h7-9,11-13H,6,10H2,1-5H3. The van der Waals surface area contributed by atoms with Crippen LogP contribution in [0.3, 0.4) is 0 Å². The van der Waals surface area contributed by atoms with Gasteiger partial charge in [0, 0.05) is 5.56 Å². The Morgan fingerprint density at radius 1 is 0.900 bits per heavy atom. The molecule has 0 saturated heterocycles. The molecule has 0 amide bonds. The van der Waals surface area contributed by atoms with E-state index in [0.717, 1.165) is 34.4 Å². The second kappa shape index (κ2) is 8.14. The SMILES string of the molecule is CCCOc1nc(Oc2c(C)cc(C)cc2C)nc2oc(-c3cccc(C)c3)nc12. The summed E-state index contributed by atoms with van der Waals surface area (Å²) in [5.41, 5.74) is 6.05. The number of rotatable bonds is 6. The summed E-state index contributed by atoms with van der Waals surface area (Å²) >= 11 is 0. The number of nitrogens with zero attached hydrogens (tertiary/aromatic N) is 3. The minimum absolute atomic E-state index is 0.176. The quantitative estimate of drug-likeness (QED) is 0.387. The van der Waals surface area contributed by atoms with E-state index in [-0.39, 0.29) is 6.01 Å². The predicted octanol–water partition coefficient (Wildman–Crippen LogP) is 6.10. The normalized spacial score (nSPS) is 11.1. The van der Waals surface area contributed by atoms with Crippen molar-refractivity contribution >= 4 is 11.2 Å². The lowest BCUT2D eigenvalue weighted by molar-refractivity contribution is 0.302.